The summed E-state index contributed by atoms with van der Waals surface area (Å²) in [5, 5.41) is 30.6. The van der Waals surface area contributed by atoms with E-state index in [1.807, 2.05) is 13.0 Å². The SMILES string of the molecule is Cc1nnc(NC(=O)CSc2nnc(N3C(N)=C(C#N)C(c4cccnc4)C4=C3CCCC4=O)s2)s1. The van der Waals surface area contributed by atoms with Crippen molar-refractivity contribution < 1.29 is 9.59 Å². The fourth-order valence-electron chi connectivity index (χ4n) is 4.17. The number of pyridine rings is 1. The summed E-state index contributed by atoms with van der Waals surface area (Å²) in [7, 11) is 0. The number of Topliss-reactive ketones (excluding diaryl/α,β-unsaturated/α-hetero) is 1. The fourth-order valence-corrected chi connectivity index (χ4v) is 6.45. The van der Waals surface area contributed by atoms with E-state index in [0.717, 1.165) is 16.3 Å². The molecule has 0 spiro atoms. The highest BCUT2D eigenvalue weighted by molar-refractivity contribution is 8.01. The molecule has 1 aliphatic heterocycles. The number of aromatic nitrogens is 5. The lowest BCUT2D eigenvalue weighted by Crippen LogP contribution is -2.38. The van der Waals surface area contributed by atoms with Gasteiger partial charge in [-0.05, 0) is 31.4 Å². The Morgan fingerprint density at radius 2 is 2.17 bits per heavy atom. The van der Waals surface area contributed by atoms with Crippen LogP contribution in [-0.4, -0.2) is 42.8 Å². The van der Waals surface area contributed by atoms with Gasteiger partial charge < -0.3 is 5.73 Å². The first-order valence-electron chi connectivity index (χ1n) is 10.9. The summed E-state index contributed by atoms with van der Waals surface area (Å²) in [6.45, 7) is 1.81. The van der Waals surface area contributed by atoms with Crippen LogP contribution in [0.3, 0.4) is 0 Å². The van der Waals surface area contributed by atoms with Crippen LogP contribution >= 0.6 is 34.4 Å². The molecule has 3 aromatic heterocycles. The molecule has 3 N–H and O–H groups in total. The second kappa shape index (κ2) is 10.1. The third-order valence-corrected chi connectivity index (χ3v) is 8.41. The minimum Gasteiger partial charge on any atom is -0.384 e. The van der Waals surface area contributed by atoms with Gasteiger partial charge in [-0.15, -0.1) is 20.4 Å². The first-order chi connectivity index (χ1) is 17.5. The number of nitrogens with two attached hydrogens (primary N) is 1. The summed E-state index contributed by atoms with van der Waals surface area (Å²) in [6.07, 6.45) is 5.00. The number of nitrogens with one attached hydrogen (secondary N) is 1. The van der Waals surface area contributed by atoms with Crippen LogP contribution in [0.2, 0.25) is 0 Å². The van der Waals surface area contributed by atoms with Gasteiger partial charge in [0.15, 0.2) is 10.1 Å². The third kappa shape index (κ3) is 4.60. The van der Waals surface area contributed by atoms with Gasteiger partial charge in [0.05, 0.1) is 23.3 Å². The van der Waals surface area contributed by atoms with Crippen molar-refractivity contribution in [3.8, 4) is 6.07 Å². The minimum atomic E-state index is -0.572. The molecule has 4 heterocycles. The summed E-state index contributed by atoms with van der Waals surface area (Å²) in [4.78, 5) is 31.2. The van der Waals surface area contributed by atoms with Crippen molar-refractivity contribution in [1.82, 2.24) is 25.4 Å². The largest absolute Gasteiger partial charge is 0.384 e. The second-order valence-electron chi connectivity index (χ2n) is 7.92. The molecule has 36 heavy (non-hydrogen) atoms. The number of ketones is 1. The maximum atomic E-state index is 13.1. The molecule has 1 amide bonds. The van der Waals surface area contributed by atoms with E-state index in [2.05, 4.69) is 36.8 Å². The number of aryl methyl sites for hydroxylation is 1. The molecule has 1 atom stereocenters. The molecule has 0 saturated heterocycles. The Labute approximate surface area is 218 Å². The number of hydrogen-bond donors (Lipinski definition) is 2. The van der Waals surface area contributed by atoms with Crippen molar-refractivity contribution in [2.75, 3.05) is 16.0 Å². The predicted octanol–water partition coefficient (Wildman–Crippen LogP) is 3.13. The summed E-state index contributed by atoms with van der Waals surface area (Å²) < 4.78 is 0.554. The Balaban J connectivity index is 1.42. The van der Waals surface area contributed by atoms with Gasteiger partial charge in [-0.2, -0.15) is 5.26 Å². The molecular formula is C22H19N9O2S3. The van der Waals surface area contributed by atoms with Gasteiger partial charge >= 0.3 is 0 Å². The Morgan fingerprint density at radius 1 is 1.31 bits per heavy atom. The van der Waals surface area contributed by atoms with E-state index in [0.29, 0.717) is 39.4 Å². The molecule has 0 fully saturated rings. The lowest BCUT2D eigenvalue weighted by Gasteiger charge is -2.37. The normalized spacial score (nSPS) is 17.7. The zero-order chi connectivity index (χ0) is 25.2. The standard InChI is InChI=1S/C22H19N9O2S3/c1-11-27-28-20(35-11)26-16(33)10-34-22-30-29-21(36-22)31-14-5-2-6-15(32)18(14)17(13(8-23)19(31)24)12-4-3-7-25-9-12/h3-4,7,9,17H,2,5-6,10,24H2,1H3,(H,26,28,33). The first-order valence-corrected chi connectivity index (χ1v) is 13.5. The molecule has 0 aromatic carbocycles. The highest BCUT2D eigenvalue weighted by Crippen LogP contribution is 2.46. The lowest BCUT2D eigenvalue weighted by atomic mass is 9.76. The summed E-state index contributed by atoms with van der Waals surface area (Å²) in [5.41, 5.74) is 8.83. The third-order valence-electron chi connectivity index (χ3n) is 5.62. The highest BCUT2D eigenvalue weighted by atomic mass is 32.2. The quantitative estimate of drug-likeness (QED) is 0.444. The van der Waals surface area contributed by atoms with Gasteiger partial charge in [-0.25, -0.2) is 0 Å². The number of thioether (sulfide) groups is 1. The van der Waals surface area contributed by atoms with E-state index in [-0.39, 0.29) is 28.8 Å². The fraction of sp³-hybridized carbons (Fsp3) is 0.273. The molecule has 1 aliphatic carbocycles. The summed E-state index contributed by atoms with van der Waals surface area (Å²) >= 11 is 3.76. The molecular weight excluding hydrogens is 519 g/mol. The van der Waals surface area contributed by atoms with E-state index < -0.39 is 5.92 Å². The predicted molar refractivity (Wildman–Crippen MR) is 136 cm³/mol. The number of rotatable bonds is 6. The molecule has 11 nitrogen and oxygen atoms in total. The van der Waals surface area contributed by atoms with Crippen molar-refractivity contribution in [2.24, 2.45) is 5.73 Å². The van der Waals surface area contributed by atoms with Crippen molar-refractivity contribution in [3.05, 3.63) is 57.8 Å². The number of anilines is 2. The van der Waals surface area contributed by atoms with E-state index in [1.165, 1.54) is 34.4 Å². The number of nitriles is 1. The zero-order valence-electron chi connectivity index (χ0n) is 19.0. The molecule has 3 aromatic rings. The monoisotopic (exact) mass is 537 g/mol. The van der Waals surface area contributed by atoms with Crippen LogP contribution in [0.4, 0.5) is 10.3 Å². The number of nitrogens with zero attached hydrogens (tertiary/aromatic N) is 7. The van der Waals surface area contributed by atoms with Crippen LogP contribution in [0.15, 0.2) is 51.5 Å². The van der Waals surface area contributed by atoms with Crippen LogP contribution in [0.1, 0.15) is 35.8 Å². The first kappa shape index (κ1) is 24.0. The van der Waals surface area contributed by atoms with Crippen LogP contribution in [0.25, 0.3) is 0 Å². The number of carbonyl (C=O) groups excluding carboxylic acids is 2. The van der Waals surface area contributed by atoms with Crippen LogP contribution < -0.4 is 16.0 Å². The number of hydrogen-bond acceptors (Lipinski definition) is 13. The van der Waals surface area contributed by atoms with E-state index in [9.17, 15) is 14.9 Å². The second-order valence-corrected chi connectivity index (χ2v) is 11.3. The molecule has 14 heteroatoms. The summed E-state index contributed by atoms with van der Waals surface area (Å²) in [5.74, 6) is -0.497. The molecule has 2 aliphatic rings. The molecule has 0 saturated carbocycles. The van der Waals surface area contributed by atoms with Gasteiger partial charge in [0.25, 0.3) is 0 Å². The maximum absolute atomic E-state index is 13.1. The zero-order valence-corrected chi connectivity index (χ0v) is 21.4. The Morgan fingerprint density at radius 3 is 2.89 bits per heavy atom. The van der Waals surface area contributed by atoms with Crippen molar-refractivity contribution in [2.45, 2.75) is 36.4 Å². The van der Waals surface area contributed by atoms with E-state index in [1.54, 1.807) is 23.4 Å². The van der Waals surface area contributed by atoms with Crippen molar-refractivity contribution >= 4 is 56.4 Å². The Kier molecular flexibility index (Phi) is 6.77. The van der Waals surface area contributed by atoms with Crippen LogP contribution in [0.5, 0.6) is 0 Å². The molecule has 0 radical (unpaired) electrons. The van der Waals surface area contributed by atoms with Gasteiger partial charge in [0.2, 0.25) is 16.2 Å². The van der Waals surface area contributed by atoms with E-state index >= 15 is 0 Å². The molecule has 1 unspecified atom stereocenters. The summed E-state index contributed by atoms with van der Waals surface area (Å²) in [6, 6.07) is 5.83. The maximum Gasteiger partial charge on any atom is 0.236 e. The molecule has 0 bridgehead atoms. The topological polar surface area (TPSA) is 164 Å². The number of carbonyl (C=O) groups is 2. The van der Waals surface area contributed by atoms with E-state index in [4.69, 9.17) is 5.73 Å². The van der Waals surface area contributed by atoms with Crippen LogP contribution in [-0.2, 0) is 9.59 Å². The minimum absolute atomic E-state index is 0.0157. The van der Waals surface area contributed by atoms with Gasteiger partial charge in [-0.3, -0.25) is 24.8 Å². The lowest BCUT2D eigenvalue weighted by molar-refractivity contribution is -0.116. The molecule has 5 rings (SSSR count). The smallest absolute Gasteiger partial charge is 0.236 e. The van der Waals surface area contributed by atoms with Crippen LogP contribution in [0, 0.1) is 18.3 Å². The number of allylic oxidation sites excluding steroid dienone is 3. The Bertz CT molecular complexity index is 1440. The average molecular weight is 538 g/mol. The average Bonchev–Trinajstić information content (AvgIpc) is 3.51. The van der Waals surface area contributed by atoms with Gasteiger partial charge in [-0.1, -0.05) is 40.5 Å². The van der Waals surface area contributed by atoms with Crippen molar-refractivity contribution in [3.63, 3.8) is 0 Å². The number of amides is 1. The molecule has 182 valence electrons. The van der Waals surface area contributed by atoms with Gasteiger partial charge in [0.1, 0.15) is 10.8 Å². The van der Waals surface area contributed by atoms with Gasteiger partial charge in [0, 0.05) is 30.1 Å². The highest BCUT2D eigenvalue weighted by Gasteiger charge is 2.41. The van der Waals surface area contributed by atoms with Crippen molar-refractivity contribution in [1.29, 1.82) is 5.26 Å². The Hall–Kier alpha value is -3.67.